The molecule has 1 aromatic rings. The van der Waals surface area contributed by atoms with Gasteiger partial charge in [0.25, 0.3) is 0 Å². The van der Waals surface area contributed by atoms with Crippen LogP contribution in [0.1, 0.15) is 12.5 Å². The van der Waals surface area contributed by atoms with Crippen LogP contribution >= 0.6 is 0 Å². The highest BCUT2D eigenvalue weighted by Gasteiger charge is 2.38. The highest BCUT2D eigenvalue weighted by atomic mass is 32.2. The van der Waals surface area contributed by atoms with Crippen LogP contribution in [0.5, 0.6) is 0 Å². The van der Waals surface area contributed by atoms with E-state index in [0.29, 0.717) is 0 Å². The first kappa shape index (κ1) is 15.4. The maximum absolute atomic E-state index is 12.1. The smallest absolute Gasteiger partial charge is 0.240 e. The van der Waals surface area contributed by atoms with Gasteiger partial charge in [0.1, 0.15) is 0 Å². The zero-order chi connectivity index (χ0) is 15.0. The summed E-state index contributed by atoms with van der Waals surface area (Å²) in [6.07, 6.45) is -0.405. The van der Waals surface area contributed by atoms with Crippen LogP contribution in [0.2, 0.25) is 0 Å². The Hall–Kier alpha value is -0.960. The van der Waals surface area contributed by atoms with Gasteiger partial charge in [0.05, 0.1) is 28.5 Å². The first-order valence-corrected chi connectivity index (χ1v) is 9.54. The molecule has 1 saturated heterocycles. The molecule has 0 aliphatic carbocycles. The fourth-order valence-corrected chi connectivity index (χ4v) is 5.23. The number of aliphatic hydroxyl groups is 1. The molecule has 1 fully saturated rings. The van der Waals surface area contributed by atoms with E-state index in [4.69, 9.17) is 0 Å². The molecule has 0 radical (unpaired) electrons. The lowest BCUT2D eigenvalue weighted by atomic mass is 10.2. The molecule has 2 rings (SSSR count). The van der Waals surface area contributed by atoms with Crippen molar-refractivity contribution in [2.45, 2.75) is 30.4 Å². The van der Waals surface area contributed by atoms with Gasteiger partial charge < -0.3 is 5.11 Å². The van der Waals surface area contributed by atoms with E-state index < -0.39 is 37.8 Å². The molecular formula is C12H17NO5S2. The summed E-state index contributed by atoms with van der Waals surface area (Å²) in [6.45, 7) is 1.96. The second kappa shape index (κ2) is 5.44. The summed E-state index contributed by atoms with van der Waals surface area (Å²) < 4.78 is 49.2. The van der Waals surface area contributed by atoms with Gasteiger partial charge >= 0.3 is 0 Å². The molecular weight excluding hydrogens is 302 g/mol. The maximum Gasteiger partial charge on any atom is 0.240 e. The number of aryl methyl sites for hydroxylation is 1. The van der Waals surface area contributed by atoms with Gasteiger partial charge in [-0.15, -0.1) is 0 Å². The summed E-state index contributed by atoms with van der Waals surface area (Å²) in [6, 6.07) is 5.36. The summed E-state index contributed by atoms with van der Waals surface area (Å²) >= 11 is 0. The molecule has 1 aliphatic heterocycles. The molecule has 8 heteroatoms. The van der Waals surface area contributed by atoms with Gasteiger partial charge in [-0.2, -0.15) is 0 Å². The van der Waals surface area contributed by atoms with Crippen LogP contribution in [0.25, 0.3) is 0 Å². The summed E-state index contributed by atoms with van der Waals surface area (Å²) in [5.74, 6) is -0.782. The highest BCUT2D eigenvalue weighted by Crippen LogP contribution is 2.17. The van der Waals surface area contributed by atoms with Crippen molar-refractivity contribution in [1.82, 2.24) is 4.72 Å². The number of rotatable bonds is 4. The Bertz CT molecular complexity index is 679. The Morgan fingerprint density at radius 2 is 1.85 bits per heavy atom. The van der Waals surface area contributed by atoms with Gasteiger partial charge in [-0.25, -0.2) is 21.6 Å². The number of sulfonamides is 1. The van der Waals surface area contributed by atoms with E-state index >= 15 is 0 Å². The minimum absolute atomic E-state index is 0.0613. The van der Waals surface area contributed by atoms with Crippen molar-refractivity contribution in [3.8, 4) is 0 Å². The van der Waals surface area contributed by atoms with Gasteiger partial charge in [0.15, 0.2) is 9.84 Å². The summed E-state index contributed by atoms with van der Waals surface area (Å²) in [5, 5.41) is 9.61. The van der Waals surface area contributed by atoms with E-state index in [1.54, 1.807) is 12.1 Å². The lowest BCUT2D eigenvalue weighted by Crippen LogP contribution is -2.42. The molecule has 1 heterocycles. The quantitative estimate of drug-likeness (QED) is 0.792. The third-order valence-corrected chi connectivity index (χ3v) is 6.49. The average molecular weight is 319 g/mol. The van der Waals surface area contributed by atoms with Gasteiger partial charge in [-0.05, 0) is 24.1 Å². The molecule has 20 heavy (non-hydrogen) atoms. The van der Waals surface area contributed by atoms with E-state index in [-0.39, 0.29) is 10.6 Å². The van der Waals surface area contributed by atoms with E-state index in [9.17, 15) is 21.9 Å². The van der Waals surface area contributed by atoms with Crippen LogP contribution in [-0.4, -0.2) is 45.6 Å². The first-order chi connectivity index (χ1) is 9.23. The van der Waals surface area contributed by atoms with Crippen molar-refractivity contribution in [2.24, 2.45) is 0 Å². The molecule has 6 nitrogen and oxygen atoms in total. The third-order valence-electron chi connectivity index (χ3n) is 3.27. The lowest BCUT2D eigenvalue weighted by molar-refractivity contribution is 0.176. The van der Waals surface area contributed by atoms with Crippen LogP contribution in [0.15, 0.2) is 29.2 Å². The van der Waals surface area contributed by atoms with Crippen molar-refractivity contribution in [2.75, 3.05) is 11.5 Å². The van der Waals surface area contributed by atoms with Crippen molar-refractivity contribution in [3.63, 3.8) is 0 Å². The molecule has 0 amide bonds. The van der Waals surface area contributed by atoms with Crippen LogP contribution in [0.4, 0.5) is 0 Å². The SMILES string of the molecule is CCc1ccc(S(=O)(=O)N[C@H]2CS(=O)(=O)C[C@@H]2O)cc1. The Kier molecular flexibility index (Phi) is 4.19. The fourth-order valence-electron chi connectivity index (χ4n) is 2.11. The van der Waals surface area contributed by atoms with Crippen molar-refractivity contribution in [1.29, 1.82) is 0 Å². The molecule has 1 aliphatic rings. The largest absolute Gasteiger partial charge is 0.390 e. The molecule has 0 spiro atoms. The van der Waals surface area contributed by atoms with E-state index in [2.05, 4.69) is 4.72 Å². The average Bonchev–Trinajstić information content (AvgIpc) is 2.61. The predicted octanol–water partition coefficient (Wildman–Crippen LogP) is -0.315. The number of aliphatic hydroxyl groups excluding tert-OH is 1. The fraction of sp³-hybridized carbons (Fsp3) is 0.500. The number of benzene rings is 1. The van der Waals surface area contributed by atoms with Crippen LogP contribution in [0.3, 0.4) is 0 Å². The Morgan fingerprint density at radius 1 is 1.25 bits per heavy atom. The maximum atomic E-state index is 12.1. The molecule has 0 saturated carbocycles. The minimum atomic E-state index is -3.83. The van der Waals surface area contributed by atoms with Gasteiger partial charge in [0, 0.05) is 0 Å². The summed E-state index contributed by atoms with van der Waals surface area (Å²) in [5.41, 5.74) is 1.01. The standard InChI is InChI=1S/C12H17NO5S2/c1-2-9-3-5-10(6-4-9)20(17,18)13-11-7-19(15,16)8-12(11)14/h3-6,11-14H,2,7-8H2,1H3/t11-,12-/m0/s1. The van der Waals surface area contributed by atoms with Gasteiger partial charge in [-0.1, -0.05) is 19.1 Å². The first-order valence-electron chi connectivity index (χ1n) is 6.23. The molecule has 2 atom stereocenters. The number of hydrogen-bond acceptors (Lipinski definition) is 5. The van der Waals surface area contributed by atoms with E-state index in [1.165, 1.54) is 12.1 Å². The molecule has 2 N–H and O–H groups in total. The Labute approximate surface area is 118 Å². The predicted molar refractivity (Wildman–Crippen MR) is 74.6 cm³/mol. The van der Waals surface area contributed by atoms with Crippen LogP contribution in [-0.2, 0) is 26.3 Å². The second-order valence-corrected chi connectivity index (χ2v) is 8.74. The van der Waals surface area contributed by atoms with Crippen LogP contribution in [0, 0.1) is 0 Å². The molecule has 112 valence electrons. The summed E-state index contributed by atoms with van der Waals surface area (Å²) in [4.78, 5) is 0.0613. The zero-order valence-corrected chi connectivity index (χ0v) is 12.6. The molecule has 1 aromatic carbocycles. The minimum Gasteiger partial charge on any atom is -0.390 e. The lowest BCUT2D eigenvalue weighted by Gasteiger charge is -2.15. The topological polar surface area (TPSA) is 101 Å². The third kappa shape index (κ3) is 3.38. The molecule has 0 unspecified atom stereocenters. The molecule has 0 bridgehead atoms. The van der Waals surface area contributed by atoms with Gasteiger partial charge in [-0.3, -0.25) is 0 Å². The number of nitrogens with one attached hydrogen (secondary N) is 1. The molecule has 0 aromatic heterocycles. The number of sulfone groups is 1. The number of hydrogen-bond donors (Lipinski definition) is 2. The van der Waals surface area contributed by atoms with Crippen LogP contribution < -0.4 is 4.72 Å². The zero-order valence-electron chi connectivity index (χ0n) is 11.0. The normalized spacial score (nSPS) is 25.7. The van der Waals surface area contributed by atoms with Crippen molar-refractivity contribution < 1.29 is 21.9 Å². The second-order valence-electron chi connectivity index (χ2n) is 4.87. The van der Waals surface area contributed by atoms with Crippen molar-refractivity contribution in [3.05, 3.63) is 29.8 Å². The highest BCUT2D eigenvalue weighted by molar-refractivity contribution is 7.92. The Balaban J connectivity index is 2.19. The summed E-state index contributed by atoms with van der Waals surface area (Å²) in [7, 11) is -7.21. The van der Waals surface area contributed by atoms with E-state index in [1.807, 2.05) is 6.92 Å². The van der Waals surface area contributed by atoms with E-state index in [0.717, 1.165) is 12.0 Å². The monoisotopic (exact) mass is 319 g/mol. The van der Waals surface area contributed by atoms with Gasteiger partial charge in [0.2, 0.25) is 10.0 Å². The Morgan fingerprint density at radius 3 is 2.30 bits per heavy atom. The van der Waals surface area contributed by atoms with Crippen molar-refractivity contribution >= 4 is 19.9 Å².